The van der Waals surface area contributed by atoms with Crippen molar-refractivity contribution < 1.29 is 4.79 Å². The van der Waals surface area contributed by atoms with Gasteiger partial charge in [0.05, 0.1) is 11.3 Å². The highest BCUT2D eigenvalue weighted by atomic mass is 79.9. The summed E-state index contributed by atoms with van der Waals surface area (Å²) < 4.78 is 1.79. The molecule has 1 aromatic carbocycles. The first-order chi connectivity index (χ1) is 10.6. The molecule has 2 heterocycles. The Morgan fingerprint density at radius 2 is 1.95 bits per heavy atom. The number of hydrogen-bond acceptors (Lipinski definition) is 3. The lowest BCUT2D eigenvalue weighted by Gasteiger charge is -2.19. The molecule has 22 heavy (non-hydrogen) atoms. The van der Waals surface area contributed by atoms with Crippen molar-refractivity contribution in [2.75, 3.05) is 23.3 Å². The topological polar surface area (TPSA) is 45.2 Å². The Bertz CT molecular complexity index is 700. The number of carbonyl (C=O) groups is 1. The molecule has 0 spiro atoms. The predicted octanol–water partition coefficient (Wildman–Crippen LogP) is 4.46. The van der Waals surface area contributed by atoms with Crippen LogP contribution in [-0.4, -0.2) is 24.0 Å². The van der Waals surface area contributed by atoms with E-state index in [0.717, 1.165) is 46.4 Å². The fraction of sp³-hybridized carbons (Fsp3) is 0.250. The van der Waals surface area contributed by atoms with E-state index in [1.807, 2.05) is 24.3 Å². The van der Waals surface area contributed by atoms with Crippen molar-refractivity contribution >= 4 is 49.3 Å². The molecule has 3 rings (SSSR count). The minimum Gasteiger partial charge on any atom is -0.356 e. The zero-order valence-corrected chi connectivity index (χ0v) is 15.0. The number of amides is 1. The number of halogens is 2. The minimum absolute atomic E-state index is 0.141. The van der Waals surface area contributed by atoms with E-state index in [0.29, 0.717) is 5.56 Å². The summed E-state index contributed by atoms with van der Waals surface area (Å²) in [5.41, 5.74) is 1.35. The van der Waals surface area contributed by atoms with Gasteiger partial charge in [0.15, 0.2) is 0 Å². The van der Waals surface area contributed by atoms with E-state index in [1.54, 1.807) is 12.3 Å². The predicted molar refractivity (Wildman–Crippen MR) is 95.5 cm³/mol. The number of benzene rings is 1. The van der Waals surface area contributed by atoms with Gasteiger partial charge in [-0.1, -0.05) is 15.9 Å². The molecule has 1 saturated heterocycles. The highest BCUT2D eigenvalue weighted by molar-refractivity contribution is 9.11. The first kappa shape index (κ1) is 15.5. The van der Waals surface area contributed by atoms with Crippen LogP contribution < -0.4 is 10.2 Å². The molecule has 1 aliphatic rings. The standard InChI is InChI=1S/C16H15Br2N3O/c17-11-5-6-14(13(18)10-11)20-16(22)12-4-3-7-19-15(12)21-8-1-2-9-21/h3-7,10H,1-2,8-9H2,(H,20,22). The summed E-state index contributed by atoms with van der Waals surface area (Å²) in [7, 11) is 0. The number of aromatic nitrogens is 1. The quantitative estimate of drug-likeness (QED) is 0.790. The van der Waals surface area contributed by atoms with Gasteiger partial charge < -0.3 is 10.2 Å². The molecule has 0 saturated carbocycles. The van der Waals surface area contributed by atoms with Crippen molar-refractivity contribution in [3.05, 3.63) is 51.0 Å². The summed E-state index contributed by atoms with van der Waals surface area (Å²) >= 11 is 6.87. The molecule has 1 aliphatic heterocycles. The normalized spacial score (nSPS) is 14.2. The monoisotopic (exact) mass is 423 g/mol. The summed E-state index contributed by atoms with van der Waals surface area (Å²) in [5, 5.41) is 2.94. The lowest BCUT2D eigenvalue weighted by molar-refractivity contribution is 0.102. The smallest absolute Gasteiger partial charge is 0.259 e. The van der Waals surface area contributed by atoms with Gasteiger partial charge in [-0.15, -0.1) is 0 Å². The minimum atomic E-state index is -0.141. The fourth-order valence-corrected chi connectivity index (χ4v) is 3.68. The van der Waals surface area contributed by atoms with Gasteiger partial charge in [0.25, 0.3) is 5.91 Å². The van der Waals surface area contributed by atoms with Crippen LogP contribution in [0.4, 0.5) is 11.5 Å². The molecular weight excluding hydrogens is 410 g/mol. The van der Waals surface area contributed by atoms with Crippen LogP contribution in [0.5, 0.6) is 0 Å². The number of anilines is 2. The third-order valence-corrected chi connectivity index (χ3v) is 4.77. The number of rotatable bonds is 3. The molecule has 1 N–H and O–H groups in total. The lowest BCUT2D eigenvalue weighted by atomic mass is 10.2. The Labute approximate surface area is 146 Å². The Morgan fingerprint density at radius 1 is 1.18 bits per heavy atom. The third kappa shape index (κ3) is 3.33. The van der Waals surface area contributed by atoms with E-state index >= 15 is 0 Å². The van der Waals surface area contributed by atoms with Crippen LogP contribution >= 0.6 is 31.9 Å². The molecule has 114 valence electrons. The van der Waals surface area contributed by atoms with Crippen LogP contribution in [0.2, 0.25) is 0 Å². The van der Waals surface area contributed by atoms with Crippen LogP contribution in [0.25, 0.3) is 0 Å². The van der Waals surface area contributed by atoms with Gasteiger partial charge in [-0.2, -0.15) is 0 Å². The van der Waals surface area contributed by atoms with Gasteiger partial charge in [-0.3, -0.25) is 4.79 Å². The average Bonchev–Trinajstić information content (AvgIpc) is 3.04. The zero-order valence-electron chi connectivity index (χ0n) is 11.9. The van der Waals surface area contributed by atoms with E-state index in [9.17, 15) is 4.79 Å². The van der Waals surface area contributed by atoms with Crippen LogP contribution in [-0.2, 0) is 0 Å². The Kier molecular flexibility index (Phi) is 4.78. The van der Waals surface area contributed by atoms with Crippen molar-refractivity contribution in [3.8, 4) is 0 Å². The summed E-state index contributed by atoms with van der Waals surface area (Å²) in [6.07, 6.45) is 4.03. The molecule has 6 heteroatoms. The molecule has 0 unspecified atom stereocenters. The number of nitrogens with one attached hydrogen (secondary N) is 1. The van der Waals surface area contributed by atoms with E-state index in [2.05, 4.69) is 47.1 Å². The highest BCUT2D eigenvalue weighted by Gasteiger charge is 2.20. The van der Waals surface area contributed by atoms with Crippen LogP contribution in [0.1, 0.15) is 23.2 Å². The number of carbonyl (C=O) groups excluding carboxylic acids is 1. The maximum Gasteiger partial charge on any atom is 0.259 e. The summed E-state index contributed by atoms with van der Waals surface area (Å²) in [6, 6.07) is 9.27. The van der Waals surface area contributed by atoms with Crippen molar-refractivity contribution in [1.29, 1.82) is 0 Å². The molecule has 1 amide bonds. The molecule has 4 nitrogen and oxygen atoms in total. The van der Waals surface area contributed by atoms with Gasteiger partial charge in [0, 0.05) is 28.2 Å². The SMILES string of the molecule is O=C(Nc1ccc(Br)cc1Br)c1cccnc1N1CCCC1. The van der Waals surface area contributed by atoms with E-state index < -0.39 is 0 Å². The molecule has 0 bridgehead atoms. The second-order valence-corrected chi connectivity index (χ2v) is 6.92. The second kappa shape index (κ2) is 6.79. The van der Waals surface area contributed by atoms with Crippen LogP contribution in [0, 0.1) is 0 Å². The van der Waals surface area contributed by atoms with Crippen LogP contribution in [0.15, 0.2) is 45.5 Å². The fourth-order valence-electron chi connectivity index (χ4n) is 2.54. The Hall–Kier alpha value is -1.40. The molecular formula is C16H15Br2N3O. The summed E-state index contributed by atoms with van der Waals surface area (Å²) in [6.45, 7) is 1.92. The van der Waals surface area contributed by atoms with Gasteiger partial charge in [-0.05, 0) is 59.1 Å². The maximum atomic E-state index is 12.6. The largest absolute Gasteiger partial charge is 0.356 e. The molecule has 2 aromatic rings. The summed E-state index contributed by atoms with van der Waals surface area (Å²) in [4.78, 5) is 19.2. The van der Waals surface area contributed by atoms with Gasteiger partial charge in [0.1, 0.15) is 5.82 Å². The van der Waals surface area contributed by atoms with E-state index in [4.69, 9.17) is 0 Å². The number of hydrogen-bond donors (Lipinski definition) is 1. The molecule has 0 atom stereocenters. The Morgan fingerprint density at radius 3 is 2.68 bits per heavy atom. The van der Waals surface area contributed by atoms with Crippen molar-refractivity contribution in [2.24, 2.45) is 0 Å². The maximum absolute atomic E-state index is 12.6. The van der Waals surface area contributed by atoms with Gasteiger partial charge >= 0.3 is 0 Å². The molecule has 0 radical (unpaired) electrons. The molecule has 1 aromatic heterocycles. The number of pyridine rings is 1. The van der Waals surface area contributed by atoms with E-state index in [-0.39, 0.29) is 5.91 Å². The average molecular weight is 425 g/mol. The first-order valence-electron chi connectivity index (χ1n) is 7.11. The first-order valence-corrected chi connectivity index (χ1v) is 8.70. The van der Waals surface area contributed by atoms with Gasteiger partial charge in [-0.25, -0.2) is 4.98 Å². The molecule has 0 aliphatic carbocycles. The summed E-state index contributed by atoms with van der Waals surface area (Å²) in [5.74, 6) is 0.628. The number of nitrogens with zero attached hydrogens (tertiary/aromatic N) is 2. The second-order valence-electron chi connectivity index (χ2n) is 5.15. The van der Waals surface area contributed by atoms with Crippen molar-refractivity contribution in [3.63, 3.8) is 0 Å². The van der Waals surface area contributed by atoms with Crippen LogP contribution in [0.3, 0.4) is 0 Å². The van der Waals surface area contributed by atoms with Crippen molar-refractivity contribution in [2.45, 2.75) is 12.8 Å². The van der Waals surface area contributed by atoms with Crippen molar-refractivity contribution in [1.82, 2.24) is 4.98 Å². The van der Waals surface area contributed by atoms with E-state index in [1.165, 1.54) is 0 Å². The lowest BCUT2D eigenvalue weighted by Crippen LogP contribution is -2.24. The third-order valence-electron chi connectivity index (χ3n) is 3.62. The zero-order chi connectivity index (χ0) is 15.5. The van der Waals surface area contributed by atoms with Gasteiger partial charge in [0.2, 0.25) is 0 Å². The molecule has 1 fully saturated rings. The highest BCUT2D eigenvalue weighted by Crippen LogP contribution is 2.28. The Balaban J connectivity index is 1.86.